The maximum absolute atomic E-state index is 12.3. The number of rotatable bonds is 9. The fraction of sp³-hybridized carbons (Fsp3) is 0.800. The van der Waals surface area contributed by atoms with E-state index in [1.807, 2.05) is 6.92 Å². The van der Waals surface area contributed by atoms with Crippen molar-refractivity contribution in [1.82, 2.24) is 5.32 Å². The van der Waals surface area contributed by atoms with Crippen LogP contribution in [0.5, 0.6) is 0 Å². The van der Waals surface area contributed by atoms with Crippen molar-refractivity contribution in [2.24, 2.45) is 5.73 Å². The molecule has 0 radical (unpaired) electrons. The number of ether oxygens (including phenoxy) is 2. The molecule has 0 aromatic carbocycles. The largest absolute Gasteiger partial charge is 0.468 e. The Labute approximate surface area is 145 Å². The summed E-state index contributed by atoms with van der Waals surface area (Å²) in [4.78, 5) is 36.1. The van der Waals surface area contributed by atoms with Crippen molar-refractivity contribution in [1.29, 1.82) is 0 Å². The number of unbranched alkanes of at least 4 members (excludes halogenated alkanes) is 1. The predicted molar refractivity (Wildman–Crippen MR) is 89.3 cm³/mol. The second-order valence-corrected chi connectivity index (χ2v) is 7.01. The van der Waals surface area contributed by atoms with Gasteiger partial charge in [0.2, 0.25) is 5.60 Å². The lowest BCUT2D eigenvalue weighted by Gasteiger charge is -2.28. The number of aliphatic hydroxyl groups is 1. The van der Waals surface area contributed by atoms with E-state index in [-0.39, 0.29) is 13.0 Å². The van der Waals surface area contributed by atoms with E-state index < -0.39 is 40.8 Å². The molecule has 24 heavy (non-hydrogen) atoms. The third-order valence-corrected chi connectivity index (χ3v) is 4.94. The van der Waals surface area contributed by atoms with Crippen LogP contribution in [0.2, 0.25) is 0 Å². The number of hydrogen-bond acceptors (Lipinski definition) is 9. The molecule has 1 aliphatic rings. The van der Waals surface area contributed by atoms with Gasteiger partial charge in [-0.3, -0.25) is 14.9 Å². The number of esters is 2. The van der Waals surface area contributed by atoms with E-state index in [0.29, 0.717) is 12.2 Å². The van der Waals surface area contributed by atoms with Crippen LogP contribution in [-0.2, 0) is 23.9 Å². The van der Waals surface area contributed by atoms with E-state index in [4.69, 9.17) is 10.5 Å². The summed E-state index contributed by atoms with van der Waals surface area (Å²) in [5.41, 5.74) is 3.23. The molecule has 0 aliphatic carbocycles. The average molecular weight is 362 g/mol. The average Bonchev–Trinajstić information content (AvgIpc) is 3.01. The van der Waals surface area contributed by atoms with Gasteiger partial charge in [-0.25, -0.2) is 4.79 Å². The monoisotopic (exact) mass is 362 g/mol. The molecule has 1 fully saturated rings. The first-order valence-electron chi connectivity index (χ1n) is 7.91. The number of methoxy groups -OCH3 is 1. The summed E-state index contributed by atoms with van der Waals surface area (Å²) in [6, 6.07) is -1.56. The van der Waals surface area contributed by atoms with Gasteiger partial charge in [0, 0.05) is 12.2 Å². The summed E-state index contributed by atoms with van der Waals surface area (Å²) in [5, 5.41) is 13.2. The number of ketones is 1. The summed E-state index contributed by atoms with van der Waals surface area (Å²) >= 11 is 1.32. The zero-order valence-corrected chi connectivity index (χ0v) is 15.1. The Hall–Kier alpha value is -1.16. The first-order valence-corrected chi connectivity index (χ1v) is 8.96. The van der Waals surface area contributed by atoms with Crippen LogP contribution in [0.25, 0.3) is 0 Å². The standard InChI is InChI=1S/C15H26N2O6S/c1-4-5-6-23-14(20)15(21,12(18)9(2)16)7-11-17-10(8-24-11)13(19)22-3/h9-11,17,21H,4-8,16H2,1-3H3/t9-,10?,11?,15?/m0/s1. The van der Waals surface area contributed by atoms with E-state index in [0.717, 1.165) is 6.42 Å². The molecule has 1 aliphatic heterocycles. The van der Waals surface area contributed by atoms with Crippen LogP contribution in [0.15, 0.2) is 0 Å². The molecule has 1 heterocycles. The number of carbonyl (C=O) groups excluding carboxylic acids is 3. The molecule has 9 heteroatoms. The minimum atomic E-state index is -2.34. The molecule has 1 rings (SSSR count). The summed E-state index contributed by atoms with van der Waals surface area (Å²) in [6.45, 7) is 3.46. The number of Topliss-reactive ketones (excluding diaryl/α,β-unsaturated/α-hetero) is 1. The first kappa shape index (κ1) is 20.9. The lowest BCUT2D eigenvalue weighted by molar-refractivity contribution is -0.172. The molecule has 0 amide bonds. The quantitative estimate of drug-likeness (QED) is 0.284. The highest BCUT2D eigenvalue weighted by molar-refractivity contribution is 8.00. The van der Waals surface area contributed by atoms with E-state index in [9.17, 15) is 19.5 Å². The molecule has 1 saturated heterocycles. The van der Waals surface area contributed by atoms with Gasteiger partial charge in [-0.15, -0.1) is 11.8 Å². The third kappa shape index (κ3) is 5.17. The highest BCUT2D eigenvalue weighted by atomic mass is 32.2. The summed E-state index contributed by atoms with van der Waals surface area (Å²) in [7, 11) is 1.28. The van der Waals surface area contributed by atoms with Gasteiger partial charge in [-0.1, -0.05) is 13.3 Å². The van der Waals surface area contributed by atoms with Crippen molar-refractivity contribution in [3.8, 4) is 0 Å². The zero-order valence-electron chi connectivity index (χ0n) is 14.2. The van der Waals surface area contributed by atoms with Crippen LogP contribution in [-0.4, -0.2) is 65.4 Å². The SMILES string of the molecule is CCCCOC(=O)C(O)(CC1NC(C(=O)OC)CS1)C(=O)[C@H](C)N. The van der Waals surface area contributed by atoms with E-state index in [1.54, 1.807) is 0 Å². The molecular formula is C15H26N2O6S. The van der Waals surface area contributed by atoms with Gasteiger partial charge in [0.25, 0.3) is 0 Å². The smallest absolute Gasteiger partial charge is 0.346 e. The number of hydrogen-bond donors (Lipinski definition) is 3. The maximum Gasteiger partial charge on any atom is 0.346 e. The summed E-state index contributed by atoms with van der Waals surface area (Å²) < 4.78 is 9.69. The number of nitrogens with two attached hydrogens (primary N) is 1. The molecule has 0 aromatic rings. The van der Waals surface area contributed by atoms with Crippen molar-refractivity contribution in [2.75, 3.05) is 19.5 Å². The molecule has 0 aromatic heterocycles. The van der Waals surface area contributed by atoms with Gasteiger partial charge in [0.1, 0.15) is 6.04 Å². The molecule has 8 nitrogen and oxygen atoms in total. The Morgan fingerprint density at radius 2 is 2.12 bits per heavy atom. The summed E-state index contributed by atoms with van der Waals surface area (Å²) in [6.07, 6.45) is 1.22. The molecule has 138 valence electrons. The lowest BCUT2D eigenvalue weighted by atomic mass is 9.90. The Bertz CT molecular complexity index is 473. The van der Waals surface area contributed by atoms with Gasteiger partial charge in [0.15, 0.2) is 5.78 Å². The van der Waals surface area contributed by atoms with Crippen LogP contribution in [0.1, 0.15) is 33.1 Å². The highest BCUT2D eigenvalue weighted by Crippen LogP contribution is 2.29. The fourth-order valence-electron chi connectivity index (χ4n) is 2.29. The Kier molecular flexibility index (Phi) is 8.14. The van der Waals surface area contributed by atoms with Gasteiger partial charge < -0.3 is 20.3 Å². The van der Waals surface area contributed by atoms with Crippen LogP contribution >= 0.6 is 11.8 Å². The van der Waals surface area contributed by atoms with E-state index in [2.05, 4.69) is 10.1 Å². The van der Waals surface area contributed by atoms with Crippen LogP contribution in [0, 0.1) is 0 Å². The van der Waals surface area contributed by atoms with Crippen molar-refractivity contribution < 1.29 is 29.0 Å². The predicted octanol–water partition coefficient (Wildman–Crippen LogP) is -0.429. The van der Waals surface area contributed by atoms with Crippen LogP contribution in [0.4, 0.5) is 0 Å². The van der Waals surface area contributed by atoms with Crippen LogP contribution < -0.4 is 11.1 Å². The molecule has 0 spiro atoms. The van der Waals surface area contributed by atoms with Crippen molar-refractivity contribution in [3.63, 3.8) is 0 Å². The Morgan fingerprint density at radius 1 is 1.46 bits per heavy atom. The molecule has 4 atom stereocenters. The van der Waals surface area contributed by atoms with Gasteiger partial charge in [-0.05, 0) is 13.3 Å². The summed E-state index contributed by atoms with van der Waals surface area (Å²) in [5.74, 6) is -1.81. The van der Waals surface area contributed by atoms with Crippen molar-refractivity contribution in [2.45, 2.75) is 56.2 Å². The molecular weight excluding hydrogens is 336 g/mol. The second kappa shape index (κ2) is 9.36. The maximum atomic E-state index is 12.3. The van der Waals surface area contributed by atoms with Crippen LogP contribution in [0.3, 0.4) is 0 Å². The third-order valence-electron chi connectivity index (χ3n) is 3.71. The Morgan fingerprint density at radius 3 is 2.67 bits per heavy atom. The normalized spacial score (nSPS) is 24.0. The molecule has 0 bridgehead atoms. The Balaban J connectivity index is 2.81. The molecule has 4 N–H and O–H groups in total. The van der Waals surface area contributed by atoms with Crippen molar-refractivity contribution in [3.05, 3.63) is 0 Å². The zero-order chi connectivity index (χ0) is 18.3. The minimum Gasteiger partial charge on any atom is -0.468 e. The van der Waals surface area contributed by atoms with E-state index in [1.165, 1.54) is 25.8 Å². The van der Waals surface area contributed by atoms with Gasteiger partial charge in [0.05, 0.1) is 25.1 Å². The molecule has 3 unspecified atom stereocenters. The number of thioether (sulfide) groups is 1. The topological polar surface area (TPSA) is 128 Å². The fourth-order valence-corrected chi connectivity index (χ4v) is 3.56. The second-order valence-electron chi connectivity index (χ2n) is 5.77. The number of carbonyl (C=O) groups is 3. The first-order chi connectivity index (χ1) is 11.3. The van der Waals surface area contributed by atoms with E-state index >= 15 is 0 Å². The minimum absolute atomic E-state index is 0.125. The van der Waals surface area contributed by atoms with Crippen molar-refractivity contribution >= 4 is 29.5 Å². The lowest BCUT2D eigenvalue weighted by Crippen LogP contribution is -2.56. The number of nitrogens with one attached hydrogen (secondary N) is 1. The molecule has 0 saturated carbocycles. The van der Waals surface area contributed by atoms with Gasteiger partial charge in [-0.2, -0.15) is 0 Å². The van der Waals surface area contributed by atoms with Gasteiger partial charge >= 0.3 is 11.9 Å². The highest BCUT2D eigenvalue weighted by Gasteiger charge is 2.49.